The molecule has 5 rings (SSSR count). The zero-order valence-electron chi connectivity index (χ0n) is 26.1. The lowest BCUT2D eigenvalue weighted by Crippen LogP contribution is -2.64. The fourth-order valence-electron chi connectivity index (χ4n) is 12.5. The summed E-state index contributed by atoms with van der Waals surface area (Å²) in [5, 5.41) is 39.4. The van der Waals surface area contributed by atoms with E-state index in [4.69, 9.17) is 5.11 Å². The van der Waals surface area contributed by atoms with Crippen molar-refractivity contribution >= 4 is 0 Å². The predicted octanol–water partition coefficient (Wildman–Crippen LogP) is 6.75. The zero-order chi connectivity index (χ0) is 28.6. The van der Waals surface area contributed by atoms with Crippen LogP contribution in [0.3, 0.4) is 0 Å². The highest BCUT2D eigenvalue weighted by Gasteiger charge is 2.69. The monoisotopic (exact) mass is 544 g/mol. The molecule has 0 aromatic rings. The Morgan fingerprint density at radius 2 is 1.46 bits per heavy atom. The van der Waals surface area contributed by atoms with Crippen molar-refractivity contribution in [2.45, 2.75) is 137 Å². The van der Waals surface area contributed by atoms with Gasteiger partial charge in [0.2, 0.25) is 0 Å². The van der Waals surface area contributed by atoms with Crippen molar-refractivity contribution in [1.82, 2.24) is 0 Å². The van der Waals surface area contributed by atoms with Gasteiger partial charge in [-0.25, -0.2) is 0 Å². The summed E-state index contributed by atoms with van der Waals surface area (Å²) in [7, 11) is 0. The van der Waals surface area contributed by atoms with E-state index in [0.717, 1.165) is 24.2 Å². The van der Waals surface area contributed by atoms with Gasteiger partial charge in [0.25, 0.3) is 0 Å². The van der Waals surface area contributed by atoms with Gasteiger partial charge in [0, 0.05) is 0 Å². The van der Waals surface area contributed by atoms with E-state index >= 15 is 0 Å². The summed E-state index contributed by atoms with van der Waals surface area (Å²) in [5.74, 6) is 4.13. The molecule has 4 fully saturated rings. The third-order valence-electron chi connectivity index (χ3n) is 14.8. The summed E-state index contributed by atoms with van der Waals surface area (Å²) in [6.07, 6.45) is 15.4. The van der Waals surface area contributed by atoms with Gasteiger partial charge < -0.3 is 20.4 Å². The molecule has 5 aliphatic rings. The molecule has 4 N–H and O–H groups in total. The maximum Gasteiger partial charge on any atom is 0.108 e. The Morgan fingerprint density at radius 3 is 2.15 bits per heavy atom. The molecule has 13 atom stereocenters. The molecule has 0 radical (unpaired) electrons. The summed E-state index contributed by atoms with van der Waals surface area (Å²) in [6.45, 7) is 17.5. The molecule has 4 heteroatoms. The topological polar surface area (TPSA) is 80.9 Å². The normalized spacial score (nSPS) is 49.7. The second kappa shape index (κ2) is 10.1. The summed E-state index contributed by atoms with van der Waals surface area (Å²) in [6, 6.07) is 0. The minimum Gasteiger partial charge on any atom is -0.394 e. The molecule has 0 amide bonds. The highest BCUT2D eigenvalue weighted by Crippen LogP contribution is 2.76. The molecular weight excluding hydrogens is 484 g/mol. The standard InChI is InChI=1S/C35H60O4/c1-22(9-10-25(37)30(39)26(38)21-36)23-13-18-32(4)24(23)14-19-34(6)28(32)11-12-29-33(5)17-8-16-31(2,3)27(33)15-20-35(29,34)7/h15,20,22-30,36-39H,8-14,16-19,21H2,1-7H3/t22-,23-,24+,25-,26+,27+,28-,29-,30-,32+,33+,34-,35-/m1/s1. The molecule has 4 nitrogen and oxygen atoms in total. The molecule has 0 aromatic heterocycles. The van der Waals surface area contributed by atoms with Crippen LogP contribution in [0.4, 0.5) is 0 Å². The third kappa shape index (κ3) is 4.35. The fourth-order valence-corrected chi connectivity index (χ4v) is 12.5. The van der Waals surface area contributed by atoms with Gasteiger partial charge in [0.15, 0.2) is 0 Å². The molecule has 5 aliphatic carbocycles. The molecule has 0 aliphatic heterocycles. The van der Waals surface area contributed by atoms with Gasteiger partial charge in [-0.05, 0) is 127 Å². The van der Waals surface area contributed by atoms with Crippen molar-refractivity contribution < 1.29 is 20.4 Å². The molecule has 4 saturated carbocycles. The van der Waals surface area contributed by atoms with Crippen LogP contribution in [0.15, 0.2) is 12.2 Å². The van der Waals surface area contributed by atoms with Crippen molar-refractivity contribution in [3.05, 3.63) is 12.2 Å². The molecule has 0 unspecified atom stereocenters. The number of aliphatic hydroxyl groups excluding tert-OH is 4. The second-order valence-electron chi connectivity index (χ2n) is 16.8. The third-order valence-corrected chi connectivity index (χ3v) is 14.8. The number of rotatable bonds is 7. The predicted molar refractivity (Wildman–Crippen MR) is 158 cm³/mol. The van der Waals surface area contributed by atoms with Crippen LogP contribution >= 0.6 is 0 Å². The van der Waals surface area contributed by atoms with Crippen molar-refractivity contribution in [2.24, 2.45) is 62.6 Å². The van der Waals surface area contributed by atoms with Gasteiger partial charge in [0.05, 0.1) is 12.7 Å². The Kier molecular flexibility index (Phi) is 7.78. The Morgan fingerprint density at radius 1 is 0.769 bits per heavy atom. The Hall–Kier alpha value is -0.420. The molecular formula is C35H60O4. The SMILES string of the molecule is C[C@H](CC[C@@H](O)[C@@H](O)[C@@H](O)CO)[C@H]1CC[C@]2(C)[C@H]3CC[C@@H]4[C@@]5(C)CCCC(C)(C)[C@@H]5C=C[C@@]4(C)[C@]3(C)CC[C@@H]12. The first-order chi connectivity index (χ1) is 18.2. The van der Waals surface area contributed by atoms with Gasteiger partial charge in [-0.15, -0.1) is 0 Å². The van der Waals surface area contributed by atoms with Crippen molar-refractivity contribution in [3.63, 3.8) is 0 Å². The number of hydrogen-bond acceptors (Lipinski definition) is 4. The zero-order valence-corrected chi connectivity index (χ0v) is 26.1. The van der Waals surface area contributed by atoms with E-state index in [1.54, 1.807) is 0 Å². The Bertz CT molecular complexity index is 930. The maximum absolute atomic E-state index is 10.4. The van der Waals surface area contributed by atoms with Crippen molar-refractivity contribution in [1.29, 1.82) is 0 Å². The number of hydrogen-bond donors (Lipinski definition) is 4. The van der Waals surface area contributed by atoms with Crippen LogP contribution in [0, 0.1) is 62.6 Å². The Labute approximate surface area is 239 Å². The van der Waals surface area contributed by atoms with E-state index < -0.39 is 24.9 Å². The number of allylic oxidation sites excluding steroid dienone is 2. The summed E-state index contributed by atoms with van der Waals surface area (Å²) in [5.41, 5.74) is 1.80. The molecule has 0 bridgehead atoms. The summed E-state index contributed by atoms with van der Waals surface area (Å²) in [4.78, 5) is 0. The molecule has 39 heavy (non-hydrogen) atoms. The highest BCUT2D eigenvalue weighted by atomic mass is 16.4. The van der Waals surface area contributed by atoms with Crippen molar-refractivity contribution in [2.75, 3.05) is 6.61 Å². The van der Waals surface area contributed by atoms with E-state index in [1.807, 2.05) is 0 Å². The van der Waals surface area contributed by atoms with Gasteiger partial charge in [-0.1, -0.05) is 67.0 Å². The Balaban J connectivity index is 1.35. The minimum absolute atomic E-state index is 0.264. The molecule has 0 heterocycles. The van der Waals surface area contributed by atoms with Crippen LogP contribution in [-0.2, 0) is 0 Å². The minimum atomic E-state index is -1.28. The van der Waals surface area contributed by atoms with E-state index in [9.17, 15) is 15.3 Å². The van der Waals surface area contributed by atoms with Gasteiger partial charge >= 0.3 is 0 Å². The van der Waals surface area contributed by atoms with Crippen LogP contribution < -0.4 is 0 Å². The van der Waals surface area contributed by atoms with Gasteiger partial charge in [-0.3, -0.25) is 0 Å². The van der Waals surface area contributed by atoms with Gasteiger partial charge in [-0.2, -0.15) is 0 Å². The average Bonchev–Trinajstić information content (AvgIpc) is 3.23. The van der Waals surface area contributed by atoms with E-state index in [2.05, 4.69) is 60.6 Å². The lowest BCUT2D eigenvalue weighted by molar-refractivity contribution is -0.198. The van der Waals surface area contributed by atoms with E-state index in [-0.39, 0.29) is 5.41 Å². The average molecular weight is 545 g/mol. The summed E-state index contributed by atoms with van der Waals surface area (Å²) < 4.78 is 0. The first-order valence-corrected chi connectivity index (χ1v) is 16.5. The van der Waals surface area contributed by atoms with Crippen LogP contribution in [0.25, 0.3) is 0 Å². The fraction of sp³-hybridized carbons (Fsp3) is 0.943. The maximum atomic E-state index is 10.4. The van der Waals surface area contributed by atoms with E-state index in [1.165, 1.54) is 57.8 Å². The molecule has 0 aromatic carbocycles. The van der Waals surface area contributed by atoms with Crippen LogP contribution in [-0.4, -0.2) is 45.3 Å². The number of aliphatic hydroxyl groups is 4. The smallest absolute Gasteiger partial charge is 0.108 e. The van der Waals surface area contributed by atoms with Crippen LogP contribution in [0.1, 0.15) is 119 Å². The second-order valence-corrected chi connectivity index (χ2v) is 16.8. The lowest BCUT2D eigenvalue weighted by Gasteiger charge is -2.71. The quantitative estimate of drug-likeness (QED) is 0.267. The van der Waals surface area contributed by atoms with E-state index in [0.29, 0.717) is 45.8 Å². The molecule has 0 spiro atoms. The first-order valence-electron chi connectivity index (χ1n) is 16.5. The number of fused-ring (bicyclic) bond motifs is 7. The molecule has 0 saturated heterocycles. The van der Waals surface area contributed by atoms with Crippen LogP contribution in [0.2, 0.25) is 0 Å². The summed E-state index contributed by atoms with van der Waals surface area (Å²) >= 11 is 0. The molecule has 224 valence electrons. The largest absolute Gasteiger partial charge is 0.394 e. The lowest BCUT2D eigenvalue weighted by atomic mass is 9.33. The first kappa shape index (κ1) is 30.1. The van der Waals surface area contributed by atoms with Gasteiger partial charge in [0.1, 0.15) is 12.2 Å². The highest BCUT2D eigenvalue weighted by molar-refractivity contribution is 5.27. The van der Waals surface area contributed by atoms with Crippen LogP contribution in [0.5, 0.6) is 0 Å². The van der Waals surface area contributed by atoms with Crippen molar-refractivity contribution in [3.8, 4) is 0 Å².